The van der Waals surface area contributed by atoms with E-state index in [1.165, 1.54) is 11.1 Å². The molecule has 3 amide bonds. The van der Waals surface area contributed by atoms with Crippen LogP contribution in [0.3, 0.4) is 0 Å². The Hall–Kier alpha value is -4.51. The fraction of sp³-hybridized carbons (Fsp3) is 0.367. The molecule has 4 bridgehead atoms. The van der Waals surface area contributed by atoms with E-state index in [0.717, 1.165) is 11.1 Å². The molecule has 2 aromatic carbocycles. The lowest BCUT2D eigenvalue weighted by Crippen LogP contribution is -2.48. The first-order chi connectivity index (χ1) is 19.6. The number of nitrogens with one attached hydrogen (secondary N) is 1. The topological polar surface area (TPSA) is 117 Å². The Balaban J connectivity index is 1.41. The summed E-state index contributed by atoms with van der Waals surface area (Å²) in [5.41, 5.74) is 3.13. The molecule has 1 N–H and O–H groups in total. The molecule has 0 unspecified atom stereocenters. The molecule has 3 aromatic rings. The number of likely N-dealkylation sites (tertiary alicyclic amines) is 1. The van der Waals surface area contributed by atoms with Crippen molar-refractivity contribution in [3.05, 3.63) is 76.6 Å². The highest BCUT2D eigenvalue weighted by Crippen LogP contribution is 2.28. The Labute approximate surface area is 239 Å². The minimum atomic E-state index is -0.476. The summed E-state index contributed by atoms with van der Waals surface area (Å²) in [6, 6.07) is 12.3. The van der Waals surface area contributed by atoms with Crippen molar-refractivity contribution in [3.63, 3.8) is 0 Å². The van der Waals surface area contributed by atoms with Gasteiger partial charge in [0.2, 0.25) is 11.9 Å². The molecular formula is C30H34N6O5. The number of rotatable bonds is 2. The zero-order valence-electron chi connectivity index (χ0n) is 23.9. The number of carbonyl (C=O) groups is 3. The van der Waals surface area contributed by atoms with E-state index < -0.39 is 12.1 Å². The molecule has 3 heterocycles. The average Bonchev–Trinajstić information content (AvgIpc) is 3.34. The molecule has 5 rings (SSSR count). The summed E-state index contributed by atoms with van der Waals surface area (Å²) < 4.78 is 12.4. The molecule has 1 fully saturated rings. The second-order valence-electron chi connectivity index (χ2n) is 10.7. The number of hydrogen-bond acceptors (Lipinski definition) is 8. The van der Waals surface area contributed by atoms with Gasteiger partial charge in [-0.15, -0.1) is 0 Å². The first-order valence-electron chi connectivity index (χ1n) is 13.4. The number of hydrogen-bond donors (Lipinski definition) is 1. The fourth-order valence-electron chi connectivity index (χ4n) is 4.93. The zero-order valence-corrected chi connectivity index (χ0v) is 23.9. The second kappa shape index (κ2) is 11.5. The van der Waals surface area contributed by atoms with Gasteiger partial charge in [-0.2, -0.15) is 0 Å². The van der Waals surface area contributed by atoms with Crippen molar-refractivity contribution in [3.8, 4) is 11.5 Å². The number of fused-ring (bicyclic) bond motifs is 5. The number of nitrogens with zero attached hydrogens (tertiary/aromatic N) is 5. The summed E-state index contributed by atoms with van der Waals surface area (Å²) in [7, 11) is 5.25. The third-order valence-electron chi connectivity index (χ3n) is 7.25. The maximum absolute atomic E-state index is 13.5. The van der Waals surface area contributed by atoms with Crippen molar-refractivity contribution in [2.75, 3.05) is 45.7 Å². The maximum atomic E-state index is 13.5. The highest BCUT2D eigenvalue weighted by atomic mass is 16.5. The van der Waals surface area contributed by atoms with Crippen LogP contribution in [0.5, 0.6) is 11.5 Å². The van der Waals surface area contributed by atoms with Crippen LogP contribution in [-0.4, -0.2) is 90.4 Å². The molecule has 0 aliphatic carbocycles. The summed E-state index contributed by atoms with van der Waals surface area (Å²) >= 11 is 0. The molecule has 214 valence electrons. The van der Waals surface area contributed by atoms with Gasteiger partial charge in [0.25, 0.3) is 11.8 Å². The predicted molar refractivity (Wildman–Crippen MR) is 152 cm³/mol. The van der Waals surface area contributed by atoms with Crippen molar-refractivity contribution in [2.24, 2.45) is 0 Å². The van der Waals surface area contributed by atoms with E-state index in [4.69, 9.17) is 9.47 Å². The van der Waals surface area contributed by atoms with Crippen LogP contribution in [0.15, 0.2) is 48.7 Å². The number of amides is 3. The first-order valence-corrected chi connectivity index (χ1v) is 13.4. The van der Waals surface area contributed by atoms with E-state index in [0.29, 0.717) is 34.3 Å². The minimum Gasteiger partial charge on any atom is -0.457 e. The van der Waals surface area contributed by atoms with Gasteiger partial charge in [-0.05, 0) is 49.2 Å². The molecule has 1 saturated heterocycles. The monoisotopic (exact) mass is 558 g/mol. The van der Waals surface area contributed by atoms with Gasteiger partial charge < -0.3 is 29.5 Å². The summed E-state index contributed by atoms with van der Waals surface area (Å²) in [5, 5.41) is 3.00. The standard InChI is InChI=1S/C30H34N6O5/c1-18-9-10-21-12-25(18)41-22-8-6-7-20(11-22)17-40-26-15-36(14-24(26)33-27(37)16-35(5)28(21)38)29(39)23-13-31-30(34(3)4)32-19(23)2/h6-13,24,26H,14-17H2,1-5H3,(H,33,37)/t24-,26-/m0/s1. The molecule has 11 nitrogen and oxygen atoms in total. The molecule has 41 heavy (non-hydrogen) atoms. The van der Waals surface area contributed by atoms with E-state index >= 15 is 0 Å². The SMILES string of the molecule is Cc1ccc2cc1Oc1cccc(c1)CO[C@H]1CN(C(=O)c3cnc(N(C)C)nc3C)C[C@@H]1NC(=O)CN(C)C2=O. The molecule has 0 saturated carbocycles. The maximum Gasteiger partial charge on any atom is 0.257 e. The molecular weight excluding hydrogens is 524 g/mol. The lowest BCUT2D eigenvalue weighted by atomic mass is 10.1. The molecule has 2 aliphatic rings. The van der Waals surface area contributed by atoms with Crippen molar-refractivity contribution < 1.29 is 23.9 Å². The molecule has 2 aliphatic heterocycles. The van der Waals surface area contributed by atoms with Crippen LogP contribution in [0, 0.1) is 13.8 Å². The summed E-state index contributed by atoms with van der Waals surface area (Å²) in [6.07, 6.45) is 1.06. The highest BCUT2D eigenvalue weighted by Gasteiger charge is 2.38. The first kappa shape index (κ1) is 28.0. The van der Waals surface area contributed by atoms with Gasteiger partial charge >= 0.3 is 0 Å². The van der Waals surface area contributed by atoms with Crippen LogP contribution in [0.4, 0.5) is 5.95 Å². The fourth-order valence-corrected chi connectivity index (χ4v) is 4.93. The van der Waals surface area contributed by atoms with Gasteiger partial charge in [0, 0.05) is 46.0 Å². The van der Waals surface area contributed by atoms with Crippen molar-refractivity contribution in [2.45, 2.75) is 32.6 Å². The van der Waals surface area contributed by atoms with Crippen molar-refractivity contribution >= 4 is 23.7 Å². The average molecular weight is 559 g/mol. The number of likely N-dealkylation sites (N-methyl/N-ethyl adjacent to an activating group) is 1. The Kier molecular flexibility index (Phi) is 7.89. The number of ether oxygens (including phenoxy) is 2. The number of aryl methyl sites for hydroxylation is 2. The minimum absolute atomic E-state index is 0.155. The lowest BCUT2D eigenvalue weighted by Gasteiger charge is -2.23. The molecule has 2 atom stereocenters. The second-order valence-corrected chi connectivity index (χ2v) is 10.7. The van der Waals surface area contributed by atoms with Gasteiger partial charge in [0.15, 0.2) is 0 Å². The van der Waals surface area contributed by atoms with E-state index in [-0.39, 0.29) is 44.0 Å². The Morgan fingerprint density at radius 2 is 1.90 bits per heavy atom. The number of benzene rings is 2. The third-order valence-corrected chi connectivity index (χ3v) is 7.25. The van der Waals surface area contributed by atoms with Gasteiger partial charge in [0.05, 0.1) is 36.6 Å². The number of aromatic nitrogens is 2. The summed E-state index contributed by atoms with van der Waals surface area (Å²) in [4.78, 5) is 53.3. The van der Waals surface area contributed by atoms with Crippen molar-refractivity contribution in [1.29, 1.82) is 0 Å². The molecule has 0 spiro atoms. The Morgan fingerprint density at radius 3 is 2.66 bits per heavy atom. The molecule has 1 aromatic heterocycles. The van der Waals surface area contributed by atoms with Crippen molar-refractivity contribution in [1.82, 2.24) is 25.1 Å². The van der Waals surface area contributed by atoms with E-state index in [2.05, 4.69) is 15.3 Å². The van der Waals surface area contributed by atoms with Gasteiger partial charge in [-0.1, -0.05) is 18.2 Å². The third kappa shape index (κ3) is 6.14. The van der Waals surface area contributed by atoms with E-state index in [9.17, 15) is 14.4 Å². The predicted octanol–water partition coefficient (Wildman–Crippen LogP) is 2.56. The Bertz CT molecular complexity index is 1490. The zero-order chi connectivity index (χ0) is 29.3. The van der Waals surface area contributed by atoms with Crippen LogP contribution in [-0.2, 0) is 16.1 Å². The largest absolute Gasteiger partial charge is 0.457 e. The normalized spacial score (nSPS) is 19.3. The van der Waals surface area contributed by atoms with E-state index in [1.807, 2.05) is 51.4 Å². The quantitative estimate of drug-likeness (QED) is 0.510. The van der Waals surface area contributed by atoms with Gasteiger partial charge in [-0.25, -0.2) is 9.97 Å². The van der Waals surface area contributed by atoms with Crippen LogP contribution < -0.4 is 15.0 Å². The molecule has 0 radical (unpaired) electrons. The van der Waals surface area contributed by atoms with Crippen LogP contribution in [0.2, 0.25) is 0 Å². The van der Waals surface area contributed by atoms with Crippen LogP contribution in [0.25, 0.3) is 0 Å². The van der Waals surface area contributed by atoms with Gasteiger partial charge in [-0.3, -0.25) is 14.4 Å². The number of carbonyl (C=O) groups excluding carboxylic acids is 3. The summed E-state index contributed by atoms with van der Waals surface area (Å²) in [6.45, 7) is 4.30. The van der Waals surface area contributed by atoms with Crippen LogP contribution in [0.1, 0.15) is 37.5 Å². The summed E-state index contributed by atoms with van der Waals surface area (Å²) in [5.74, 6) is 0.800. The van der Waals surface area contributed by atoms with E-state index in [1.54, 1.807) is 35.9 Å². The molecule has 11 heteroatoms. The Morgan fingerprint density at radius 1 is 1.10 bits per heavy atom. The highest BCUT2D eigenvalue weighted by molar-refractivity contribution is 5.97. The smallest absolute Gasteiger partial charge is 0.257 e. The van der Waals surface area contributed by atoms with Gasteiger partial charge in [0.1, 0.15) is 11.5 Å². The van der Waals surface area contributed by atoms with Crippen LogP contribution >= 0.6 is 0 Å². The number of anilines is 1. The lowest BCUT2D eigenvalue weighted by molar-refractivity contribution is -0.123.